The van der Waals surface area contributed by atoms with E-state index in [2.05, 4.69) is 21.8 Å². The zero-order valence-electron chi connectivity index (χ0n) is 10.0. The van der Waals surface area contributed by atoms with E-state index in [9.17, 15) is 0 Å². The summed E-state index contributed by atoms with van der Waals surface area (Å²) in [6.07, 6.45) is 7.96. The Hall–Kier alpha value is -1.78. The van der Waals surface area contributed by atoms with Crippen molar-refractivity contribution in [2.24, 2.45) is 5.92 Å². The Bertz CT molecular complexity index is 533. The van der Waals surface area contributed by atoms with E-state index in [4.69, 9.17) is 5.73 Å². The summed E-state index contributed by atoms with van der Waals surface area (Å²) in [5.41, 5.74) is 6.73. The smallest absolute Gasteiger partial charge is 0.180 e. The number of nitrogens with zero attached hydrogens (tertiary/aromatic N) is 4. The van der Waals surface area contributed by atoms with E-state index in [0.29, 0.717) is 5.82 Å². The minimum absolute atomic E-state index is 0.547. The summed E-state index contributed by atoms with van der Waals surface area (Å²) in [5, 5.41) is 0. The van der Waals surface area contributed by atoms with Crippen molar-refractivity contribution in [2.45, 2.75) is 19.8 Å². The molecule has 0 radical (unpaired) electrons. The zero-order valence-corrected chi connectivity index (χ0v) is 10.0. The summed E-state index contributed by atoms with van der Waals surface area (Å²) in [7, 11) is 0. The standard InChI is InChI=1S/C12H17N5/c1-2-9-3-5-16(7-9)12-11-14-4-6-17(11)8-10(13)15-12/h4,6,8-9H,2-3,5,7,13H2,1H3. The Morgan fingerprint density at radius 1 is 1.53 bits per heavy atom. The molecule has 17 heavy (non-hydrogen) atoms. The van der Waals surface area contributed by atoms with Gasteiger partial charge in [0.15, 0.2) is 11.5 Å². The molecule has 2 N–H and O–H groups in total. The summed E-state index contributed by atoms with van der Waals surface area (Å²) < 4.78 is 1.94. The normalized spacial score (nSPS) is 20.3. The SMILES string of the molecule is CCC1CCN(c2nc(N)cn3ccnc23)C1. The van der Waals surface area contributed by atoms with Crippen LogP contribution in [0.4, 0.5) is 11.6 Å². The van der Waals surface area contributed by atoms with Crippen LogP contribution in [0.3, 0.4) is 0 Å². The molecule has 5 nitrogen and oxygen atoms in total. The van der Waals surface area contributed by atoms with Crippen LogP contribution in [0.2, 0.25) is 0 Å². The minimum Gasteiger partial charge on any atom is -0.382 e. The molecule has 2 aromatic rings. The number of fused-ring (bicyclic) bond motifs is 1. The molecule has 5 heteroatoms. The second-order valence-electron chi connectivity index (χ2n) is 4.66. The molecule has 1 unspecified atom stereocenters. The molecule has 1 aliphatic rings. The fourth-order valence-corrected chi connectivity index (χ4v) is 2.50. The van der Waals surface area contributed by atoms with Crippen molar-refractivity contribution < 1.29 is 0 Å². The molecule has 0 aromatic carbocycles. The molecule has 3 rings (SSSR count). The van der Waals surface area contributed by atoms with E-state index in [0.717, 1.165) is 30.5 Å². The third-order valence-electron chi connectivity index (χ3n) is 3.54. The summed E-state index contributed by atoms with van der Waals surface area (Å²) in [6, 6.07) is 0. The van der Waals surface area contributed by atoms with Crippen molar-refractivity contribution in [2.75, 3.05) is 23.7 Å². The molecule has 0 bridgehead atoms. The molecule has 1 fully saturated rings. The number of hydrogen-bond donors (Lipinski definition) is 1. The van der Waals surface area contributed by atoms with Gasteiger partial charge >= 0.3 is 0 Å². The van der Waals surface area contributed by atoms with E-state index >= 15 is 0 Å². The molecule has 0 amide bonds. The van der Waals surface area contributed by atoms with Gasteiger partial charge in [0.05, 0.1) is 6.20 Å². The van der Waals surface area contributed by atoms with Crippen LogP contribution < -0.4 is 10.6 Å². The topological polar surface area (TPSA) is 59.5 Å². The van der Waals surface area contributed by atoms with Gasteiger partial charge in [0.2, 0.25) is 0 Å². The molecule has 2 aromatic heterocycles. The third kappa shape index (κ3) is 1.71. The van der Waals surface area contributed by atoms with Gasteiger partial charge in [0.1, 0.15) is 5.82 Å². The number of aromatic nitrogens is 3. The molecule has 1 saturated heterocycles. The van der Waals surface area contributed by atoms with Crippen LogP contribution in [0.5, 0.6) is 0 Å². The maximum Gasteiger partial charge on any atom is 0.180 e. The van der Waals surface area contributed by atoms with E-state index < -0.39 is 0 Å². The van der Waals surface area contributed by atoms with Gasteiger partial charge in [-0.1, -0.05) is 13.3 Å². The molecule has 3 heterocycles. The third-order valence-corrected chi connectivity index (χ3v) is 3.54. The highest BCUT2D eigenvalue weighted by Crippen LogP contribution is 2.27. The van der Waals surface area contributed by atoms with Gasteiger partial charge in [0, 0.05) is 25.5 Å². The lowest BCUT2D eigenvalue weighted by atomic mass is 10.1. The number of anilines is 2. The van der Waals surface area contributed by atoms with Crippen molar-refractivity contribution in [3.8, 4) is 0 Å². The van der Waals surface area contributed by atoms with Crippen molar-refractivity contribution >= 4 is 17.3 Å². The molecule has 90 valence electrons. The molecular formula is C12H17N5. The van der Waals surface area contributed by atoms with Gasteiger partial charge in [-0.25, -0.2) is 9.97 Å². The quantitative estimate of drug-likeness (QED) is 0.852. The van der Waals surface area contributed by atoms with E-state index in [-0.39, 0.29) is 0 Å². The molecule has 0 spiro atoms. The summed E-state index contributed by atoms with van der Waals surface area (Å²) >= 11 is 0. The maximum absolute atomic E-state index is 5.83. The van der Waals surface area contributed by atoms with Crippen LogP contribution in [0.25, 0.3) is 5.65 Å². The van der Waals surface area contributed by atoms with Gasteiger partial charge < -0.3 is 15.0 Å². The average Bonchev–Trinajstić information content (AvgIpc) is 2.95. The lowest BCUT2D eigenvalue weighted by Crippen LogP contribution is -2.22. The predicted molar refractivity (Wildman–Crippen MR) is 68.0 cm³/mol. The van der Waals surface area contributed by atoms with Gasteiger partial charge in [-0.15, -0.1) is 0 Å². The summed E-state index contributed by atoms with van der Waals surface area (Å²) in [6.45, 7) is 4.36. The van der Waals surface area contributed by atoms with E-state index in [1.807, 2.05) is 10.6 Å². The minimum atomic E-state index is 0.547. The number of nitrogens with two attached hydrogens (primary N) is 1. The Morgan fingerprint density at radius 3 is 3.18 bits per heavy atom. The van der Waals surface area contributed by atoms with Gasteiger partial charge in [-0.2, -0.15) is 0 Å². The van der Waals surface area contributed by atoms with Crippen LogP contribution >= 0.6 is 0 Å². The van der Waals surface area contributed by atoms with E-state index in [1.165, 1.54) is 12.8 Å². The largest absolute Gasteiger partial charge is 0.382 e. The van der Waals surface area contributed by atoms with Gasteiger partial charge in [-0.3, -0.25) is 0 Å². The Labute approximate surface area is 100 Å². The number of hydrogen-bond acceptors (Lipinski definition) is 4. The van der Waals surface area contributed by atoms with Crippen molar-refractivity contribution in [3.05, 3.63) is 18.6 Å². The second-order valence-corrected chi connectivity index (χ2v) is 4.66. The summed E-state index contributed by atoms with van der Waals surface area (Å²) in [5.74, 6) is 2.24. The van der Waals surface area contributed by atoms with Crippen molar-refractivity contribution in [1.29, 1.82) is 0 Å². The Morgan fingerprint density at radius 2 is 2.41 bits per heavy atom. The fourth-order valence-electron chi connectivity index (χ4n) is 2.50. The van der Waals surface area contributed by atoms with E-state index in [1.54, 1.807) is 12.4 Å². The summed E-state index contributed by atoms with van der Waals surface area (Å²) in [4.78, 5) is 11.1. The highest BCUT2D eigenvalue weighted by molar-refractivity contribution is 5.66. The molecular weight excluding hydrogens is 214 g/mol. The fraction of sp³-hybridized carbons (Fsp3) is 0.500. The highest BCUT2D eigenvalue weighted by atomic mass is 15.2. The number of rotatable bonds is 2. The average molecular weight is 231 g/mol. The first-order valence-electron chi connectivity index (χ1n) is 6.12. The number of imidazole rings is 1. The lowest BCUT2D eigenvalue weighted by molar-refractivity contribution is 0.569. The van der Waals surface area contributed by atoms with Gasteiger partial charge in [-0.05, 0) is 12.3 Å². The first kappa shape index (κ1) is 10.4. The van der Waals surface area contributed by atoms with Crippen molar-refractivity contribution in [1.82, 2.24) is 14.4 Å². The highest BCUT2D eigenvalue weighted by Gasteiger charge is 2.24. The Balaban J connectivity index is 2.02. The van der Waals surface area contributed by atoms with Crippen molar-refractivity contribution in [3.63, 3.8) is 0 Å². The first-order valence-corrected chi connectivity index (χ1v) is 6.12. The molecule has 1 atom stereocenters. The van der Waals surface area contributed by atoms with Crippen LogP contribution in [-0.4, -0.2) is 27.5 Å². The predicted octanol–water partition coefficient (Wildman–Crippen LogP) is 1.55. The lowest BCUT2D eigenvalue weighted by Gasteiger charge is -2.18. The van der Waals surface area contributed by atoms with Gasteiger partial charge in [0.25, 0.3) is 0 Å². The van der Waals surface area contributed by atoms with Crippen LogP contribution in [0.15, 0.2) is 18.6 Å². The van der Waals surface area contributed by atoms with Crippen LogP contribution in [-0.2, 0) is 0 Å². The molecule has 1 aliphatic heterocycles. The van der Waals surface area contributed by atoms with Crippen LogP contribution in [0.1, 0.15) is 19.8 Å². The maximum atomic E-state index is 5.83. The van der Waals surface area contributed by atoms with Crippen LogP contribution in [0, 0.1) is 5.92 Å². The Kier molecular flexibility index (Phi) is 2.39. The molecule has 0 aliphatic carbocycles. The molecule has 0 saturated carbocycles. The monoisotopic (exact) mass is 231 g/mol. The second kappa shape index (κ2) is 3.91. The first-order chi connectivity index (χ1) is 8.28. The zero-order chi connectivity index (χ0) is 11.8. The number of nitrogen functional groups attached to an aromatic ring is 1.